The summed E-state index contributed by atoms with van der Waals surface area (Å²) in [5.41, 5.74) is 3.43. The van der Waals surface area contributed by atoms with E-state index >= 15 is 0 Å². The van der Waals surface area contributed by atoms with Gasteiger partial charge < -0.3 is 4.90 Å². The van der Waals surface area contributed by atoms with Gasteiger partial charge in [0.1, 0.15) is 5.69 Å². The molecule has 8 heteroatoms. The van der Waals surface area contributed by atoms with Crippen molar-refractivity contribution in [1.82, 2.24) is 0 Å². The van der Waals surface area contributed by atoms with Crippen LogP contribution in [0.2, 0.25) is 0 Å². The predicted octanol–water partition coefficient (Wildman–Crippen LogP) is 6.74. The summed E-state index contributed by atoms with van der Waals surface area (Å²) in [6, 6.07) is 24.4. The number of nitrogens with zero attached hydrogens (tertiary/aromatic N) is 5. The Morgan fingerprint density at radius 2 is 1.74 bits per heavy atom. The van der Waals surface area contributed by atoms with Crippen LogP contribution in [-0.4, -0.2) is 18.0 Å². The zero-order valence-electron chi connectivity index (χ0n) is 16.7. The SMILES string of the molecule is N#CCCN(CCc1ccccc1)c1ccc(N=Nc2ccc([N+](=O)[O-])cc2Br)cc1. The van der Waals surface area contributed by atoms with Crippen LogP contribution in [0.1, 0.15) is 12.0 Å². The number of hydrogen-bond donors (Lipinski definition) is 0. The molecular formula is C23H20BrN5O2. The molecule has 0 aromatic heterocycles. The van der Waals surface area contributed by atoms with E-state index in [1.54, 1.807) is 6.07 Å². The molecule has 3 rings (SSSR count). The van der Waals surface area contributed by atoms with Gasteiger partial charge in [0.25, 0.3) is 5.69 Å². The van der Waals surface area contributed by atoms with E-state index in [9.17, 15) is 10.1 Å². The highest BCUT2D eigenvalue weighted by molar-refractivity contribution is 9.10. The zero-order chi connectivity index (χ0) is 22.1. The topological polar surface area (TPSA) is 94.9 Å². The number of azo groups is 1. The molecule has 0 spiro atoms. The number of benzene rings is 3. The molecular weight excluding hydrogens is 458 g/mol. The molecule has 0 aliphatic heterocycles. The van der Waals surface area contributed by atoms with Crippen molar-refractivity contribution in [2.24, 2.45) is 10.2 Å². The Bertz CT molecular complexity index is 1100. The van der Waals surface area contributed by atoms with E-state index in [0.29, 0.717) is 28.8 Å². The molecule has 0 aliphatic rings. The normalized spacial score (nSPS) is 10.7. The van der Waals surface area contributed by atoms with Crippen molar-refractivity contribution < 1.29 is 4.92 Å². The van der Waals surface area contributed by atoms with Crippen LogP contribution >= 0.6 is 15.9 Å². The molecule has 0 atom stereocenters. The van der Waals surface area contributed by atoms with Crippen LogP contribution in [0.15, 0.2) is 87.5 Å². The van der Waals surface area contributed by atoms with Gasteiger partial charge in [-0.3, -0.25) is 10.1 Å². The van der Waals surface area contributed by atoms with E-state index in [0.717, 1.165) is 18.7 Å². The minimum atomic E-state index is -0.458. The quantitative estimate of drug-likeness (QED) is 0.193. The van der Waals surface area contributed by atoms with Crippen LogP contribution in [0, 0.1) is 21.4 Å². The lowest BCUT2D eigenvalue weighted by atomic mass is 10.1. The number of halogens is 1. The minimum Gasteiger partial charge on any atom is -0.370 e. The average molecular weight is 478 g/mol. The number of non-ortho nitro benzene ring substituents is 1. The molecule has 0 N–H and O–H groups in total. The predicted molar refractivity (Wildman–Crippen MR) is 124 cm³/mol. The lowest BCUT2D eigenvalue weighted by molar-refractivity contribution is -0.384. The number of nitro groups is 1. The summed E-state index contributed by atoms with van der Waals surface area (Å²) in [4.78, 5) is 12.6. The monoisotopic (exact) mass is 477 g/mol. The molecule has 0 aliphatic carbocycles. The van der Waals surface area contributed by atoms with E-state index in [4.69, 9.17) is 5.26 Å². The molecule has 31 heavy (non-hydrogen) atoms. The lowest BCUT2D eigenvalue weighted by Crippen LogP contribution is -2.26. The Kier molecular flexibility index (Phi) is 7.85. The summed E-state index contributed by atoms with van der Waals surface area (Å²) < 4.78 is 0.505. The van der Waals surface area contributed by atoms with Gasteiger partial charge >= 0.3 is 0 Å². The first kappa shape index (κ1) is 22.1. The van der Waals surface area contributed by atoms with E-state index in [2.05, 4.69) is 49.3 Å². The van der Waals surface area contributed by atoms with Gasteiger partial charge in [-0.1, -0.05) is 30.3 Å². The van der Waals surface area contributed by atoms with Crippen LogP contribution in [-0.2, 0) is 6.42 Å². The summed E-state index contributed by atoms with van der Waals surface area (Å²) in [6.07, 6.45) is 1.34. The van der Waals surface area contributed by atoms with Crippen LogP contribution in [0.25, 0.3) is 0 Å². The van der Waals surface area contributed by atoms with E-state index in [1.807, 2.05) is 42.5 Å². The summed E-state index contributed by atoms with van der Waals surface area (Å²) >= 11 is 3.29. The van der Waals surface area contributed by atoms with Gasteiger partial charge in [0, 0.05) is 30.9 Å². The highest BCUT2D eigenvalue weighted by Crippen LogP contribution is 2.31. The maximum atomic E-state index is 10.8. The van der Waals surface area contributed by atoms with Gasteiger partial charge in [0.05, 0.1) is 27.6 Å². The number of rotatable bonds is 9. The molecule has 0 heterocycles. The number of nitriles is 1. The largest absolute Gasteiger partial charge is 0.370 e. The zero-order valence-corrected chi connectivity index (χ0v) is 18.3. The highest BCUT2D eigenvalue weighted by Gasteiger charge is 2.09. The first-order chi connectivity index (χ1) is 15.1. The van der Waals surface area contributed by atoms with Crippen molar-refractivity contribution in [3.63, 3.8) is 0 Å². The van der Waals surface area contributed by atoms with E-state index in [-0.39, 0.29) is 5.69 Å². The third kappa shape index (κ3) is 6.46. The fourth-order valence-corrected chi connectivity index (χ4v) is 3.44. The molecule has 156 valence electrons. The molecule has 0 unspecified atom stereocenters. The second-order valence-electron chi connectivity index (χ2n) is 6.74. The summed E-state index contributed by atoms with van der Waals surface area (Å²) in [5.74, 6) is 0. The van der Waals surface area contributed by atoms with Gasteiger partial charge in [-0.2, -0.15) is 10.4 Å². The Morgan fingerprint density at radius 3 is 2.39 bits per heavy atom. The summed E-state index contributed by atoms with van der Waals surface area (Å²) in [6.45, 7) is 1.46. The maximum absolute atomic E-state index is 10.8. The second-order valence-corrected chi connectivity index (χ2v) is 7.59. The van der Waals surface area contributed by atoms with Gasteiger partial charge in [0.15, 0.2) is 0 Å². The standard InChI is InChI=1S/C23H20BrN5O2/c24-22-17-21(29(30)31)11-12-23(22)27-26-19-7-9-20(10-8-19)28(15-4-14-25)16-13-18-5-2-1-3-6-18/h1-3,5-12,17H,4,13,15-16H2. The molecule has 3 aromatic carbocycles. The molecule has 0 fully saturated rings. The van der Waals surface area contributed by atoms with Crippen LogP contribution in [0.5, 0.6) is 0 Å². The molecule has 3 aromatic rings. The van der Waals surface area contributed by atoms with Crippen LogP contribution in [0.3, 0.4) is 0 Å². The Balaban J connectivity index is 1.69. The third-order valence-electron chi connectivity index (χ3n) is 4.64. The van der Waals surface area contributed by atoms with Gasteiger partial charge in [-0.15, -0.1) is 5.11 Å². The second kappa shape index (κ2) is 11.0. The summed E-state index contributed by atoms with van der Waals surface area (Å²) in [7, 11) is 0. The lowest BCUT2D eigenvalue weighted by Gasteiger charge is -2.24. The van der Waals surface area contributed by atoms with Crippen molar-refractivity contribution in [3.05, 3.63) is 92.9 Å². The third-order valence-corrected chi connectivity index (χ3v) is 5.27. The van der Waals surface area contributed by atoms with Gasteiger partial charge in [0.2, 0.25) is 0 Å². The molecule has 7 nitrogen and oxygen atoms in total. The molecule has 0 saturated carbocycles. The fraction of sp³-hybridized carbons (Fsp3) is 0.174. The minimum absolute atomic E-state index is 0.0110. The maximum Gasteiger partial charge on any atom is 0.270 e. The van der Waals surface area contributed by atoms with Gasteiger partial charge in [-0.05, 0) is 58.2 Å². The van der Waals surface area contributed by atoms with Crippen molar-refractivity contribution in [1.29, 1.82) is 5.26 Å². The Morgan fingerprint density at radius 1 is 1.00 bits per heavy atom. The van der Waals surface area contributed by atoms with E-state index < -0.39 is 4.92 Å². The molecule has 0 saturated heterocycles. The van der Waals surface area contributed by atoms with Crippen molar-refractivity contribution in [2.45, 2.75) is 12.8 Å². The van der Waals surface area contributed by atoms with Crippen LogP contribution < -0.4 is 4.90 Å². The first-order valence-corrected chi connectivity index (χ1v) is 10.5. The Hall–Kier alpha value is -3.57. The van der Waals surface area contributed by atoms with Crippen LogP contribution in [0.4, 0.5) is 22.7 Å². The molecule has 0 amide bonds. The highest BCUT2D eigenvalue weighted by atomic mass is 79.9. The van der Waals surface area contributed by atoms with E-state index in [1.165, 1.54) is 17.7 Å². The number of anilines is 1. The van der Waals surface area contributed by atoms with Crippen molar-refractivity contribution in [2.75, 3.05) is 18.0 Å². The Labute approximate surface area is 188 Å². The smallest absolute Gasteiger partial charge is 0.270 e. The molecule has 0 radical (unpaired) electrons. The average Bonchev–Trinajstić information content (AvgIpc) is 2.79. The fourth-order valence-electron chi connectivity index (χ4n) is 3.00. The summed E-state index contributed by atoms with van der Waals surface area (Å²) in [5, 5.41) is 28.2. The van der Waals surface area contributed by atoms with Crippen molar-refractivity contribution >= 4 is 38.7 Å². The molecule has 0 bridgehead atoms. The number of nitro benzene ring substituents is 1. The van der Waals surface area contributed by atoms with Crippen molar-refractivity contribution in [3.8, 4) is 6.07 Å². The first-order valence-electron chi connectivity index (χ1n) is 9.68. The van der Waals surface area contributed by atoms with Gasteiger partial charge in [-0.25, -0.2) is 0 Å². The number of hydrogen-bond acceptors (Lipinski definition) is 6.